The summed E-state index contributed by atoms with van der Waals surface area (Å²) in [4.78, 5) is 11.7. The maximum atomic E-state index is 4.39. The van der Waals surface area contributed by atoms with Crippen LogP contribution in [-0.2, 0) is 0 Å². The molecule has 0 saturated carbocycles. The van der Waals surface area contributed by atoms with Crippen molar-refractivity contribution in [2.75, 3.05) is 64.8 Å². The Morgan fingerprint density at radius 2 is 2.00 bits per heavy atom. The van der Waals surface area contributed by atoms with E-state index in [1.165, 1.54) is 30.6 Å². The summed E-state index contributed by atoms with van der Waals surface area (Å²) in [5.74, 6) is 0.996. The van der Waals surface area contributed by atoms with Gasteiger partial charge in [-0.15, -0.1) is 6.58 Å². The summed E-state index contributed by atoms with van der Waals surface area (Å²) in [6.45, 7) is 13.7. The van der Waals surface area contributed by atoms with Gasteiger partial charge in [-0.1, -0.05) is 18.2 Å². The fourth-order valence-electron chi connectivity index (χ4n) is 3.68. The zero-order valence-corrected chi connectivity index (χ0v) is 18.2. The standard InChI is InChI=1S/C23H39N5/c1-5-6-8-14-26(4)23(24-3)25-13-7-9-15-27-16-18-28(19-17-27)22-12-10-11-21(2)20-22/h5,10-12,20H,1,6-9,13-19H2,2-4H3,(H,24,25). The molecule has 156 valence electrons. The average molecular weight is 386 g/mol. The molecule has 0 spiro atoms. The summed E-state index contributed by atoms with van der Waals surface area (Å²) in [6.07, 6.45) is 6.56. The van der Waals surface area contributed by atoms with Crippen molar-refractivity contribution >= 4 is 11.6 Å². The van der Waals surface area contributed by atoms with Crippen LogP contribution in [0.25, 0.3) is 0 Å². The first-order valence-corrected chi connectivity index (χ1v) is 10.7. The number of aliphatic imine (C=N–C) groups is 1. The number of hydrogen-bond acceptors (Lipinski definition) is 3. The molecule has 0 aliphatic carbocycles. The highest BCUT2D eigenvalue weighted by Gasteiger charge is 2.16. The van der Waals surface area contributed by atoms with E-state index in [0.29, 0.717) is 0 Å². The summed E-state index contributed by atoms with van der Waals surface area (Å²) in [6, 6.07) is 8.86. The second-order valence-electron chi connectivity index (χ2n) is 7.70. The molecule has 1 aromatic rings. The highest BCUT2D eigenvalue weighted by molar-refractivity contribution is 5.79. The third-order valence-corrected chi connectivity index (χ3v) is 5.40. The predicted molar refractivity (Wildman–Crippen MR) is 122 cm³/mol. The largest absolute Gasteiger partial charge is 0.369 e. The molecule has 0 atom stereocenters. The van der Waals surface area contributed by atoms with Gasteiger partial charge in [-0.2, -0.15) is 0 Å². The molecule has 0 amide bonds. The molecule has 1 aromatic carbocycles. The zero-order valence-electron chi connectivity index (χ0n) is 18.2. The van der Waals surface area contributed by atoms with E-state index in [1.807, 2.05) is 13.1 Å². The minimum Gasteiger partial charge on any atom is -0.369 e. The molecule has 28 heavy (non-hydrogen) atoms. The maximum absolute atomic E-state index is 4.39. The molecule has 0 radical (unpaired) electrons. The van der Waals surface area contributed by atoms with Crippen molar-refractivity contribution in [2.24, 2.45) is 4.99 Å². The summed E-state index contributed by atoms with van der Waals surface area (Å²) >= 11 is 0. The van der Waals surface area contributed by atoms with Gasteiger partial charge in [0.15, 0.2) is 5.96 Å². The first-order chi connectivity index (χ1) is 13.6. The molecule has 0 aromatic heterocycles. The molecule has 1 fully saturated rings. The quantitative estimate of drug-likeness (QED) is 0.290. The SMILES string of the molecule is C=CCCCN(C)C(=NC)NCCCCN1CCN(c2cccc(C)c2)CC1. The van der Waals surface area contributed by atoms with Gasteiger partial charge in [-0.3, -0.25) is 9.89 Å². The second kappa shape index (κ2) is 12.4. The van der Waals surface area contributed by atoms with Crippen LogP contribution >= 0.6 is 0 Å². The van der Waals surface area contributed by atoms with E-state index in [1.54, 1.807) is 0 Å². The van der Waals surface area contributed by atoms with Crippen LogP contribution in [0.3, 0.4) is 0 Å². The number of nitrogens with one attached hydrogen (secondary N) is 1. The van der Waals surface area contributed by atoms with Crippen LogP contribution in [-0.4, -0.2) is 75.7 Å². The van der Waals surface area contributed by atoms with E-state index in [-0.39, 0.29) is 0 Å². The van der Waals surface area contributed by atoms with Crippen LogP contribution in [0, 0.1) is 6.92 Å². The van der Waals surface area contributed by atoms with Gasteiger partial charge in [0, 0.05) is 59.1 Å². The van der Waals surface area contributed by atoms with Crippen LogP contribution in [0.1, 0.15) is 31.2 Å². The van der Waals surface area contributed by atoms with Crippen molar-refractivity contribution in [3.63, 3.8) is 0 Å². The van der Waals surface area contributed by atoms with Crippen molar-refractivity contribution in [2.45, 2.75) is 32.6 Å². The minimum absolute atomic E-state index is 0.988. The first-order valence-electron chi connectivity index (χ1n) is 10.7. The fourth-order valence-corrected chi connectivity index (χ4v) is 3.68. The van der Waals surface area contributed by atoms with Gasteiger partial charge in [0.2, 0.25) is 0 Å². The molecule has 1 N–H and O–H groups in total. The molecule has 0 unspecified atom stereocenters. The van der Waals surface area contributed by atoms with Crippen LogP contribution in [0.2, 0.25) is 0 Å². The van der Waals surface area contributed by atoms with Crippen LogP contribution in [0.4, 0.5) is 5.69 Å². The van der Waals surface area contributed by atoms with Crippen molar-refractivity contribution in [3.05, 3.63) is 42.5 Å². The van der Waals surface area contributed by atoms with Crippen molar-refractivity contribution in [1.82, 2.24) is 15.1 Å². The van der Waals surface area contributed by atoms with E-state index in [4.69, 9.17) is 0 Å². The van der Waals surface area contributed by atoms with Crippen LogP contribution in [0.5, 0.6) is 0 Å². The lowest BCUT2D eigenvalue weighted by atomic mass is 10.2. The fraction of sp³-hybridized carbons (Fsp3) is 0.609. The van der Waals surface area contributed by atoms with Gasteiger partial charge in [0.1, 0.15) is 0 Å². The molecular weight excluding hydrogens is 346 g/mol. The summed E-state index contributed by atoms with van der Waals surface area (Å²) in [5, 5.41) is 3.49. The first kappa shape index (κ1) is 22.3. The molecule has 2 rings (SSSR count). The number of anilines is 1. The van der Waals surface area contributed by atoms with Gasteiger partial charge in [-0.05, 0) is 56.8 Å². The van der Waals surface area contributed by atoms with E-state index < -0.39 is 0 Å². The van der Waals surface area contributed by atoms with Crippen molar-refractivity contribution in [3.8, 4) is 0 Å². The summed E-state index contributed by atoms with van der Waals surface area (Å²) in [7, 11) is 3.96. The molecular formula is C23H39N5. The van der Waals surface area contributed by atoms with E-state index in [0.717, 1.165) is 58.1 Å². The normalized spacial score (nSPS) is 15.5. The third-order valence-electron chi connectivity index (χ3n) is 5.40. The van der Waals surface area contributed by atoms with Crippen LogP contribution < -0.4 is 10.2 Å². The number of piperazine rings is 1. The number of guanidine groups is 1. The highest BCUT2D eigenvalue weighted by atomic mass is 15.3. The Morgan fingerprint density at radius 1 is 1.21 bits per heavy atom. The summed E-state index contributed by atoms with van der Waals surface area (Å²) in [5.41, 5.74) is 2.71. The van der Waals surface area contributed by atoms with Gasteiger partial charge >= 0.3 is 0 Å². The van der Waals surface area contributed by atoms with Gasteiger partial charge in [0.25, 0.3) is 0 Å². The van der Waals surface area contributed by atoms with Gasteiger partial charge < -0.3 is 15.1 Å². The number of unbranched alkanes of at least 4 members (excludes halogenated alkanes) is 2. The maximum Gasteiger partial charge on any atom is 0.193 e. The van der Waals surface area contributed by atoms with E-state index in [2.05, 4.69) is 69.8 Å². The number of nitrogens with zero attached hydrogens (tertiary/aromatic N) is 4. The second-order valence-corrected chi connectivity index (χ2v) is 7.70. The highest BCUT2D eigenvalue weighted by Crippen LogP contribution is 2.17. The Bertz CT molecular complexity index is 605. The number of benzene rings is 1. The van der Waals surface area contributed by atoms with Crippen molar-refractivity contribution < 1.29 is 0 Å². The topological polar surface area (TPSA) is 34.1 Å². The molecule has 1 heterocycles. The molecule has 1 aliphatic rings. The van der Waals surface area contributed by atoms with E-state index >= 15 is 0 Å². The number of rotatable bonds is 10. The lowest BCUT2D eigenvalue weighted by Gasteiger charge is -2.36. The van der Waals surface area contributed by atoms with Crippen LogP contribution in [0.15, 0.2) is 41.9 Å². The smallest absolute Gasteiger partial charge is 0.193 e. The Morgan fingerprint density at radius 3 is 2.68 bits per heavy atom. The lowest BCUT2D eigenvalue weighted by molar-refractivity contribution is 0.253. The van der Waals surface area contributed by atoms with Gasteiger partial charge in [0.05, 0.1) is 0 Å². The van der Waals surface area contributed by atoms with Crippen molar-refractivity contribution in [1.29, 1.82) is 0 Å². The average Bonchev–Trinajstić information content (AvgIpc) is 2.71. The Hall–Kier alpha value is -2.01. The Labute approximate surface area is 172 Å². The molecule has 5 heteroatoms. The minimum atomic E-state index is 0.988. The zero-order chi connectivity index (χ0) is 20.2. The number of aryl methyl sites for hydroxylation is 1. The summed E-state index contributed by atoms with van der Waals surface area (Å²) < 4.78 is 0. The third kappa shape index (κ3) is 7.55. The predicted octanol–water partition coefficient (Wildman–Crippen LogP) is 3.37. The number of allylic oxidation sites excluding steroid dienone is 1. The van der Waals surface area contributed by atoms with E-state index in [9.17, 15) is 0 Å². The Kier molecular flexibility index (Phi) is 9.91. The monoisotopic (exact) mass is 385 g/mol. The molecule has 5 nitrogen and oxygen atoms in total. The lowest BCUT2D eigenvalue weighted by Crippen LogP contribution is -2.46. The van der Waals surface area contributed by atoms with Gasteiger partial charge in [-0.25, -0.2) is 0 Å². The molecule has 1 saturated heterocycles. The molecule has 0 bridgehead atoms. The Balaban J connectivity index is 1.58. The number of hydrogen-bond donors (Lipinski definition) is 1. The molecule has 1 aliphatic heterocycles.